The van der Waals surface area contributed by atoms with E-state index in [1.807, 2.05) is 30.3 Å². The Balaban J connectivity index is 1.81. The monoisotopic (exact) mass is 274 g/mol. The summed E-state index contributed by atoms with van der Waals surface area (Å²) >= 11 is 0. The van der Waals surface area contributed by atoms with Crippen molar-refractivity contribution >= 4 is 5.91 Å². The summed E-state index contributed by atoms with van der Waals surface area (Å²) in [6, 6.07) is 9.73. The van der Waals surface area contributed by atoms with Crippen molar-refractivity contribution < 1.29 is 4.79 Å². The quantitative estimate of drug-likeness (QED) is 0.867. The van der Waals surface area contributed by atoms with E-state index >= 15 is 0 Å². The molecule has 1 aliphatic carbocycles. The first-order valence-electron chi connectivity index (χ1n) is 7.76. The SMILES string of the molecule is C[C@@H](NC(=O)C(N)Cc1ccccc1)C1CCCCC1. The maximum absolute atomic E-state index is 12.2. The number of amides is 1. The van der Waals surface area contributed by atoms with Crippen LogP contribution in [0.5, 0.6) is 0 Å². The van der Waals surface area contributed by atoms with Crippen LogP contribution in [0.1, 0.15) is 44.6 Å². The molecule has 1 aromatic rings. The molecule has 0 radical (unpaired) electrons. The van der Waals surface area contributed by atoms with Crippen molar-refractivity contribution in [1.82, 2.24) is 5.32 Å². The number of nitrogens with one attached hydrogen (secondary N) is 1. The zero-order valence-corrected chi connectivity index (χ0v) is 12.3. The lowest BCUT2D eigenvalue weighted by atomic mass is 9.84. The highest BCUT2D eigenvalue weighted by Crippen LogP contribution is 2.26. The fraction of sp³-hybridized carbons (Fsp3) is 0.588. The second kappa shape index (κ2) is 7.44. The first-order chi connectivity index (χ1) is 9.66. The van der Waals surface area contributed by atoms with Crippen LogP contribution in [-0.4, -0.2) is 18.0 Å². The Labute approximate surface area is 121 Å². The molecule has 0 bridgehead atoms. The Kier molecular flexibility index (Phi) is 5.60. The number of hydrogen-bond donors (Lipinski definition) is 2. The van der Waals surface area contributed by atoms with Gasteiger partial charge in [0.25, 0.3) is 0 Å². The fourth-order valence-electron chi connectivity index (χ4n) is 3.04. The normalized spacial score (nSPS) is 19.3. The minimum Gasteiger partial charge on any atom is -0.352 e. The summed E-state index contributed by atoms with van der Waals surface area (Å²) in [5.74, 6) is 0.601. The summed E-state index contributed by atoms with van der Waals surface area (Å²) in [5, 5.41) is 3.11. The van der Waals surface area contributed by atoms with Crippen LogP contribution in [0.3, 0.4) is 0 Å². The molecule has 3 nitrogen and oxygen atoms in total. The summed E-state index contributed by atoms with van der Waals surface area (Å²) in [7, 11) is 0. The molecule has 0 saturated heterocycles. The molecule has 1 saturated carbocycles. The molecule has 0 aromatic heterocycles. The second-order valence-corrected chi connectivity index (χ2v) is 5.99. The minimum atomic E-state index is -0.455. The van der Waals surface area contributed by atoms with Gasteiger partial charge in [-0.15, -0.1) is 0 Å². The summed E-state index contributed by atoms with van der Waals surface area (Å²) in [4.78, 5) is 12.2. The molecule has 3 N–H and O–H groups in total. The Morgan fingerprint density at radius 1 is 1.25 bits per heavy atom. The van der Waals surface area contributed by atoms with Gasteiger partial charge in [-0.2, -0.15) is 0 Å². The molecule has 1 unspecified atom stereocenters. The number of hydrogen-bond acceptors (Lipinski definition) is 2. The van der Waals surface area contributed by atoms with E-state index in [-0.39, 0.29) is 11.9 Å². The van der Waals surface area contributed by atoms with Crippen LogP contribution in [0.15, 0.2) is 30.3 Å². The van der Waals surface area contributed by atoms with Crippen molar-refractivity contribution in [3.63, 3.8) is 0 Å². The van der Waals surface area contributed by atoms with E-state index in [4.69, 9.17) is 5.73 Å². The Hall–Kier alpha value is -1.35. The molecule has 1 amide bonds. The van der Waals surface area contributed by atoms with Gasteiger partial charge in [0.2, 0.25) is 5.91 Å². The number of carbonyl (C=O) groups excluding carboxylic acids is 1. The van der Waals surface area contributed by atoms with Crippen LogP contribution in [-0.2, 0) is 11.2 Å². The largest absolute Gasteiger partial charge is 0.352 e. The number of carbonyl (C=O) groups is 1. The Morgan fingerprint density at radius 2 is 1.90 bits per heavy atom. The van der Waals surface area contributed by atoms with Crippen LogP contribution in [0.4, 0.5) is 0 Å². The summed E-state index contributed by atoms with van der Waals surface area (Å²) in [6.07, 6.45) is 6.99. The lowest BCUT2D eigenvalue weighted by Gasteiger charge is -2.29. The molecule has 3 heteroatoms. The lowest BCUT2D eigenvalue weighted by Crippen LogP contribution is -2.48. The van der Waals surface area contributed by atoms with Crippen molar-refractivity contribution in [3.05, 3.63) is 35.9 Å². The van der Waals surface area contributed by atoms with Gasteiger partial charge in [-0.05, 0) is 37.7 Å². The van der Waals surface area contributed by atoms with Gasteiger partial charge in [0.05, 0.1) is 6.04 Å². The molecular weight excluding hydrogens is 248 g/mol. The third kappa shape index (κ3) is 4.34. The fourth-order valence-corrected chi connectivity index (χ4v) is 3.04. The predicted octanol–water partition coefficient (Wildman–Crippen LogP) is 2.64. The van der Waals surface area contributed by atoms with Crippen LogP contribution in [0.2, 0.25) is 0 Å². The predicted molar refractivity (Wildman–Crippen MR) is 82.3 cm³/mol. The third-order valence-electron chi connectivity index (χ3n) is 4.36. The Morgan fingerprint density at radius 3 is 2.55 bits per heavy atom. The second-order valence-electron chi connectivity index (χ2n) is 5.99. The number of nitrogens with two attached hydrogens (primary N) is 1. The minimum absolute atomic E-state index is 0.0214. The van der Waals surface area contributed by atoms with Crippen LogP contribution in [0, 0.1) is 5.92 Å². The van der Waals surface area contributed by atoms with Gasteiger partial charge < -0.3 is 11.1 Å². The van der Waals surface area contributed by atoms with Gasteiger partial charge in [-0.25, -0.2) is 0 Å². The maximum Gasteiger partial charge on any atom is 0.237 e. The first-order valence-corrected chi connectivity index (χ1v) is 7.76. The van der Waals surface area contributed by atoms with Gasteiger partial charge in [0.15, 0.2) is 0 Å². The third-order valence-corrected chi connectivity index (χ3v) is 4.36. The van der Waals surface area contributed by atoms with E-state index in [1.54, 1.807) is 0 Å². The smallest absolute Gasteiger partial charge is 0.237 e. The van der Waals surface area contributed by atoms with Crippen LogP contribution >= 0.6 is 0 Å². The zero-order valence-electron chi connectivity index (χ0n) is 12.3. The van der Waals surface area contributed by atoms with Gasteiger partial charge in [-0.3, -0.25) is 4.79 Å². The van der Waals surface area contributed by atoms with Crippen molar-refractivity contribution in [3.8, 4) is 0 Å². The maximum atomic E-state index is 12.2. The standard InChI is InChI=1S/C17H26N2O/c1-13(15-10-6-3-7-11-15)19-17(20)16(18)12-14-8-4-2-5-9-14/h2,4-5,8-9,13,15-16H,3,6-7,10-12,18H2,1H3,(H,19,20)/t13-,16?/m1/s1. The highest BCUT2D eigenvalue weighted by Gasteiger charge is 2.23. The van der Waals surface area contributed by atoms with Gasteiger partial charge in [0.1, 0.15) is 0 Å². The molecule has 0 heterocycles. The molecule has 2 rings (SSSR count). The van der Waals surface area contributed by atoms with E-state index in [1.165, 1.54) is 32.1 Å². The molecule has 110 valence electrons. The first kappa shape index (κ1) is 15.0. The molecule has 0 aliphatic heterocycles. The van der Waals surface area contributed by atoms with Crippen LogP contribution < -0.4 is 11.1 Å². The molecule has 1 fully saturated rings. The van der Waals surface area contributed by atoms with Crippen molar-refractivity contribution in [2.75, 3.05) is 0 Å². The Bertz CT molecular complexity index is 412. The number of benzene rings is 1. The van der Waals surface area contributed by atoms with Crippen molar-refractivity contribution in [2.45, 2.75) is 57.5 Å². The summed E-state index contributed by atoms with van der Waals surface area (Å²) in [5.41, 5.74) is 7.13. The molecule has 1 aliphatic rings. The zero-order chi connectivity index (χ0) is 14.4. The van der Waals surface area contributed by atoms with Crippen molar-refractivity contribution in [2.24, 2.45) is 11.7 Å². The summed E-state index contributed by atoms with van der Waals surface area (Å²) in [6.45, 7) is 2.11. The lowest BCUT2D eigenvalue weighted by molar-refractivity contribution is -0.123. The van der Waals surface area contributed by atoms with Gasteiger partial charge in [0, 0.05) is 6.04 Å². The molecular formula is C17H26N2O. The van der Waals surface area contributed by atoms with Gasteiger partial charge >= 0.3 is 0 Å². The molecule has 0 spiro atoms. The van der Waals surface area contributed by atoms with E-state index in [0.717, 1.165) is 5.56 Å². The van der Waals surface area contributed by atoms with E-state index in [2.05, 4.69) is 12.2 Å². The molecule has 1 aromatic carbocycles. The van der Waals surface area contributed by atoms with E-state index in [0.29, 0.717) is 12.3 Å². The van der Waals surface area contributed by atoms with E-state index in [9.17, 15) is 4.79 Å². The van der Waals surface area contributed by atoms with E-state index < -0.39 is 6.04 Å². The molecule has 2 atom stereocenters. The summed E-state index contributed by atoms with van der Waals surface area (Å²) < 4.78 is 0. The molecule has 20 heavy (non-hydrogen) atoms. The highest BCUT2D eigenvalue weighted by atomic mass is 16.2. The number of rotatable bonds is 5. The van der Waals surface area contributed by atoms with Crippen LogP contribution in [0.25, 0.3) is 0 Å². The van der Waals surface area contributed by atoms with Gasteiger partial charge in [-0.1, -0.05) is 49.6 Å². The topological polar surface area (TPSA) is 55.1 Å². The highest BCUT2D eigenvalue weighted by molar-refractivity contribution is 5.82. The average Bonchev–Trinajstić information content (AvgIpc) is 2.49. The average molecular weight is 274 g/mol. The van der Waals surface area contributed by atoms with Crippen molar-refractivity contribution in [1.29, 1.82) is 0 Å².